The summed E-state index contributed by atoms with van der Waals surface area (Å²) in [6.45, 7) is 0. The second kappa shape index (κ2) is 10.1. The van der Waals surface area contributed by atoms with Crippen LogP contribution >= 0.6 is 0 Å². The van der Waals surface area contributed by atoms with Crippen LogP contribution in [0.2, 0.25) is 0 Å². The SMILES string of the molecule is c1ccc(-c2c3ccccc3c(-c3ccc4cc(-c5cccc(-c6ccncc6)c5)ccc4c3)c3ccccc23)cc1. The molecule has 0 bridgehead atoms. The molecular formula is C41H27N. The van der Waals surface area contributed by atoms with E-state index < -0.39 is 0 Å². The highest BCUT2D eigenvalue weighted by molar-refractivity contribution is 6.21. The normalized spacial score (nSPS) is 11.3. The molecule has 1 aromatic heterocycles. The zero-order valence-corrected chi connectivity index (χ0v) is 23.0. The lowest BCUT2D eigenvalue weighted by molar-refractivity contribution is 1.33. The summed E-state index contributed by atoms with van der Waals surface area (Å²) in [5, 5.41) is 7.59. The van der Waals surface area contributed by atoms with Crippen LogP contribution in [-0.2, 0) is 0 Å². The van der Waals surface area contributed by atoms with Crippen molar-refractivity contribution in [1.82, 2.24) is 4.98 Å². The molecule has 196 valence electrons. The monoisotopic (exact) mass is 533 g/mol. The second-order valence-electron chi connectivity index (χ2n) is 10.8. The van der Waals surface area contributed by atoms with Crippen LogP contribution in [0.1, 0.15) is 0 Å². The molecule has 0 fully saturated rings. The van der Waals surface area contributed by atoms with E-state index in [1.807, 2.05) is 12.4 Å². The number of hydrogen-bond acceptors (Lipinski definition) is 1. The molecule has 0 aliphatic rings. The quantitative estimate of drug-likeness (QED) is 0.205. The molecule has 0 unspecified atom stereocenters. The Kier molecular flexibility index (Phi) is 5.86. The molecule has 0 spiro atoms. The first-order valence-corrected chi connectivity index (χ1v) is 14.4. The Balaban J connectivity index is 1.28. The summed E-state index contributed by atoms with van der Waals surface area (Å²) < 4.78 is 0. The number of aromatic nitrogens is 1. The van der Waals surface area contributed by atoms with E-state index in [0.29, 0.717) is 0 Å². The maximum atomic E-state index is 4.17. The number of benzene rings is 7. The van der Waals surface area contributed by atoms with Crippen molar-refractivity contribution in [3.63, 3.8) is 0 Å². The second-order valence-corrected chi connectivity index (χ2v) is 10.8. The summed E-state index contributed by atoms with van der Waals surface area (Å²) in [6.07, 6.45) is 3.69. The number of hydrogen-bond donors (Lipinski definition) is 0. The Labute approximate surface area is 245 Å². The van der Waals surface area contributed by atoms with Gasteiger partial charge in [0.2, 0.25) is 0 Å². The van der Waals surface area contributed by atoms with Gasteiger partial charge in [0.15, 0.2) is 0 Å². The molecule has 0 atom stereocenters. The summed E-state index contributed by atoms with van der Waals surface area (Å²) >= 11 is 0. The average molecular weight is 534 g/mol. The molecule has 8 rings (SSSR count). The van der Waals surface area contributed by atoms with E-state index in [0.717, 1.165) is 0 Å². The number of rotatable bonds is 4. The van der Waals surface area contributed by atoms with Gasteiger partial charge >= 0.3 is 0 Å². The number of nitrogens with zero attached hydrogens (tertiary/aromatic N) is 1. The Bertz CT molecular complexity index is 2170. The highest BCUT2D eigenvalue weighted by Gasteiger charge is 2.16. The Morgan fingerprint density at radius 1 is 0.286 bits per heavy atom. The van der Waals surface area contributed by atoms with Gasteiger partial charge in [-0.1, -0.05) is 121 Å². The number of pyridine rings is 1. The van der Waals surface area contributed by atoms with Crippen molar-refractivity contribution >= 4 is 32.3 Å². The van der Waals surface area contributed by atoms with Crippen LogP contribution in [0, 0.1) is 0 Å². The Morgan fingerprint density at radius 2 is 0.738 bits per heavy atom. The molecule has 0 radical (unpaired) electrons. The van der Waals surface area contributed by atoms with Crippen LogP contribution in [0.25, 0.3) is 76.8 Å². The van der Waals surface area contributed by atoms with Gasteiger partial charge in [-0.25, -0.2) is 0 Å². The van der Waals surface area contributed by atoms with Gasteiger partial charge in [0.05, 0.1) is 0 Å². The molecule has 0 aliphatic heterocycles. The standard InChI is InChI=1S/C41H27N/c1-2-9-29(10-3-1)40-36-13-4-6-15-38(36)41(39-16-7-5-14-37(39)40)35-20-19-33-26-32(17-18-34(33)27-35)31-12-8-11-30(25-31)28-21-23-42-24-22-28/h1-27H. The van der Waals surface area contributed by atoms with Crippen molar-refractivity contribution in [1.29, 1.82) is 0 Å². The summed E-state index contributed by atoms with van der Waals surface area (Å²) in [7, 11) is 0. The van der Waals surface area contributed by atoms with E-state index in [9.17, 15) is 0 Å². The van der Waals surface area contributed by atoms with Gasteiger partial charge in [-0.15, -0.1) is 0 Å². The maximum absolute atomic E-state index is 4.17. The molecule has 0 N–H and O–H groups in total. The van der Waals surface area contributed by atoms with Crippen LogP contribution in [-0.4, -0.2) is 4.98 Å². The van der Waals surface area contributed by atoms with Crippen molar-refractivity contribution in [2.24, 2.45) is 0 Å². The highest BCUT2D eigenvalue weighted by atomic mass is 14.6. The zero-order valence-electron chi connectivity index (χ0n) is 23.0. The van der Waals surface area contributed by atoms with E-state index in [1.165, 1.54) is 76.8 Å². The third-order valence-corrected chi connectivity index (χ3v) is 8.33. The fourth-order valence-corrected chi connectivity index (χ4v) is 6.36. The summed E-state index contributed by atoms with van der Waals surface area (Å²) in [5.41, 5.74) is 9.87. The Morgan fingerprint density at radius 3 is 1.36 bits per heavy atom. The predicted octanol–water partition coefficient (Wildman–Crippen LogP) is 11.2. The van der Waals surface area contributed by atoms with Crippen molar-refractivity contribution in [3.8, 4) is 44.5 Å². The minimum absolute atomic E-state index is 1.18. The predicted molar refractivity (Wildman–Crippen MR) is 178 cm³/mol. The molecule has 1 heterocycles. The van der Waals surface area contributed by atoms with Gasteiger partial charge in [-0.2, -0.15) is 0 Å². The van der Waals surface area contributed by atoms with Crippen molar-refractivity contribution in [2.75, 3.05) is 0 Å². The molecule has 1 heteroatoms. The first kappa shape index (κ1) is 24.3. The van der Waals surface area contributed by atoms with Crippen LogP contribution in [0.15, 0.2) is 164 Å². The Hall–Kier alpha value is -5.53. The first-order chi connectivity index (χ1) is 20.8. The minimum atomic E-state index is 1.18. The lowest BCUT2D eigenvalue weighted by Crippen LogP contribution is -1.90. The van der Waals surface area contributed by atoms with Gasteiger partial charge in [0.1, 0.15) is 0 Å². The van der Waals surface area contributed by atoms with Gasteiger partial charge in [-0.3, -0.25) is 4.98 Å². The van der Waals surface area contributed by atoms with Crippen molar-refractivity contribution < 1.29 is 0 Å². The van der Waals surface area contributed by atoms with Crippen LogP contribution < -0.4 is 0 Å². The first-order valence-electron chi connectivity index (χ1n) is 14.4. The fourth-order valence-electron chi connectivity index (χ4n) is 6.36. The molecule has 0 saturated heterocycles. The third kappa shape index (κ3) is 4.15. The van der Waals surface area contributed by atoms with Gasteiger partial charge < -0.3 is 0 Å². The maximum Gasteiger partial charge on any atom is 0.0273 e. The van der Waals surface area contributed by atoms with E-state index in [2.05, 4.69) is 157 Å². The number of fused-ring (bicyclic) bond motifs is 3. The van der Waals surface area contributed by atoms with Crippen molar-refractivity contribution in [2.45, 2.75) is 0 Å². The highest BCUT2D eigenvalue weighted by Crippen LogP contribution is 2.44. The van der Waals surface area contributed by atoms with E-state index >= 15 is 0 Å². The summed E-state index contributed by atoms with van der Waals surface area (Å²) in [6, 6.07) is 55.0. The molecule has 0 aliphatic carbocycles. The third-order valence-electron chi connectivity index (χ3n) is 8.33. The van der Waals surface area contributed by atoms with Crippen LogP contribution in [0.5, 0.6) is 0 Å². The average Bonchev–Trinajstić information content (AvgIpc) is 3.07. The molecule has 42 heavy (non-hydrogen) atoms. The van der Waals surface area contributed by atoms with Gasteiger partial charge in [0.25, 0.3) is 0 Å². The molecule has 7 aromatic carbocycles. The van der Waals surface area contributed by atoms with E-state index in [-0.39, 0.29) is 0 Å². The molecular weight excluding hydrogens is 506 g/mol. The van der Waals surface area contributed by atoms with Crippen LogP contribution in [0.3, 0.4) is 0 Å². The zero-order chi connectivity index (χ0) is 27.9. The van der Waals surface area contributed by atoms with E-state index in [1.54, 1.807) is 0 Å². The summed E-state index contributed by atoms with van der Waals surface area (Å²) in [4.78, 5) is 4.17. The van der Waals surface area contributed by atoms with E-state index in [4.69, 9.17) is 0 Å². The van der Waals surface area contributed by atoms with Crippen LogP contribution in [0.4, 0.5) is 0 Å². The molecule has 0 amide bonds. The topological polar surface area (TPSA) is 12.9 Å². The summed E-state index contributed by atoms with van der Waals surface area (Å²) in [5.74, 6) is 0. The lowest BCUT2D eigenvalue weighted by Gasteiger charge is -2.18. The molecule has 0 saturated carbocycles. The van der Waals surface area contributed by atoms with Crippen molar-refractivity contribution in [3.05, 3.63) is 164 Å². The van der Waals surface area contributed by atoms with Gasteiger partial charge in [-0.05, 0) is 107 Å². The fraction of sp³-hybridized carbons (Fsp3) is 0. The largest absolute Gasteiger partial charge is 0.265 e. The minimum Gasteiger partial charge on any atom is -0.265 e. The molecule has 8 aromatic rings. The molecule has 1 nitrogen and oxygen atoms in total. The smallest absolute Gasteiger partial charge is 0.0273 e. The lowest BCUT2D eigenvalue weighted by atomic mass is 9.85. The van der Waals surface area contributed by atoms with Gasteiger partial charge in [0, 0.05) is 12.4 Å².